The van der Waals surface area contributed by atoms with Gasteiger partial charge < -0.3 is 15.1 Å². The highest BCUT2D eigenvalue weighted by atomic mass is 32.2. The molecule has 10 heteroatoms. The first kappa shape index (κ1) is 16.8. The fraction of sp³-hybridized carbons (Fsp3) is 0.273. The number of aliphatic carboxylic acids is 2. The minimum atomic E-state index is -4.99. The summed E-state index contributed by atoms with van der Waals surface area (Å²) in [4.78, 5) is 21.3. The lowest BCUT2D eigenvalue weighted by Crippen LogP contribution is -2.35. The Balaban J connectivity index is 3.39. The molecular weight excluding hydrogens is 312 g/mol. The van der Waals surface area contributed by atoms with E-state index in [0.29, 0.717) is 4.90 Å². The molecule has 0 spiro atoms. The van der Waals surface area contributed by atoms with Crippen molar-refractivity contribution in [3.8, 4) is 0 Å². The van der Waals surface area contributed by atoms with Crippen molar-refractivity contribution in [2.75, 3.05) is 18.0 Å². The molecule has 0 atom stereocenters. The number of carbonyl (C=O) groups is 2. The van der Waals surface area contributed by atoms with Gasteiger partial charge in [-0.25, -0.2) is 8.42 Å². The molecule has 21 heavy (non-hydrogen) atoms. The van der Waals surface area contributed by atoms with Gasteiger partial charge in [0.25, 0.3) is 0 Å². The van der Waals surface area contributed by atoms with Gasteiger partial charge in [0.1, 0.15) is 13.1 Å². The van der Waals surface area contributed by atoms with E-state index in [4.69, 9.17) is 10.2 Å². The Morgan fingerprint density at radius 3 is 2.00 bits per heavy atom. The third-order valence-electron chi connectivity index (χ3n) is 2.40. The van der Waals surface area contributed by atoms with E-state index in [9.17, 15) is 26.8 Å². The van der Waals surface area contributed by atoms with E-state index in [1.807, 2.05) is 0 Å². The Hall–Kier alpha value is -2.23. The van der Waals surface area contributed by atoms with Gasteiger partial charge in [0.2, 0.25) is 9.84 Å². The number of benzene rings is 1. The van der Waals surface area contributed by atoms with Crippen molar-refractivity contribution in [2.45, 2.75) is 10.7 Å². The summed E-state index contributed by atoms with van der Waals surface area (Å²) in [5.74, 6) is -6.56. The van der Waals surface area contributed by atoms with Crippen molar-refractivity contribution in [1.29, 1.82) is 0 Å². The van der Waals surface area contributed by atoms with E-state index in [-0.39, 0.29) is 0 Å². The van der Waals surface area contributed by atoms with Gasteiger partial charge in [0.05, 0.1) is 10.6 Å². The molecule has 1 rings (SSSR count). The molecule has 0 aromatic heterocycles. The number of sulfone groups is 1. The fourth-order valence-corrected chi connectivity index (χ4v) is 2.56. The normalized spacial score (nSPS) is 11.4. The Morgan fingerprint density at radius 1 is 1.10 bits per heavy atom. The van der Waals surface area contributed by atoms with Crippen molar-refractivity contribution in [1.82, 2.24) is 0 Å². The molecule has 116 valence electrons. The summed E-state index contributed by atoms with van der Waals surface area (Å²) in [6.07, 6.45) is 0. The van der Waals surface area contributed by atoms with Crippen LogP contribution in [-0.4, -0.2) is 49.4 Å². The van der Waals surface area contributed by atoms with E-state index in [1.165, 1.54) is 12.1 Å². The molecule has 0 aliphatic carbocycles. The zero-order valence-corrected chi connectivity index (χ0v) is 11.3. The van der Waals surface area contributed by atoms with Crippen LogP contribution >= 0.6 is 0 Å². The van der Waals surface area contributed by atoms with Crippen LogP contribution in [0.25, 0.3) is 0 Å². The van der Waals surface area contributed by atoms with Crippen LogP contribution in [0.2, 0.25) is 0 Å². The van der Waals surface area contributed by atoms with Gasteiger partial charge in [0, 0.05) is 0 Å². The van der Waals surface area contributed by atoms with Crippen LogP contribution in [0, 0.1) is 0 Å². The molecule has 0 saturated heterocycles. The second-order valence-electron chi connectivity index (χ2n) is 3.92. The largest absolute Gasteiger partial charge is 0.480 e. The summed E-state index contributed by atoms with van der Waals surface area (Å²) in [6, 6.07) is 4.41. The molecule has 0 fully saturated rings. The average molecular weight is 323 g/mol. The SMILES string of the molecule is O=C(O)CN(CC(=O)O)c1ccccc1S(=O)(=O)C(F)F. The molecule has 2 N–H and O–H groups in total. The molecule has 0 aliphatic heterocycles. The summed E-state index contributed by atoms with van der Waals surface area (Å²) < 4.78 is 48.4. The Labute approximate surface area is 118 Å². The van der Waals surface area contributed by atoms with Gasteiger partial charge in [-0.05, 0) is 12.1 Å². The van der Waals surface area contributed by atoms with Gasteiger partial charge in [-0.2, -0.15) is 8.78 Å². The van der Waals surface area contributed by atoms with Gasteiger partial charge in [0.15, 0.2) is 0 Å². The molecule has 0 bridgehead atoms. The van der Waals surface area contributed by atoms with Crippen molar-refractivity contribution >= 4 is 27.5 Å². The van der Waals surface area contributed by atoms with Gasteiger partial charge in [-0.3, -0.25) is 9.59 Å². The van der Waals surface area contributed by atoms with Gasteiger partial charge in [-0.15, -0.1) is 0 Å². The topological polar surface area (TPSA) is 112 Å². The average Bonchev–Trinajstić information content (AvgIpc) is 2.36. The van der Waals surface area contributed by atoms with Crippen LogP contribution in [0.3, 0.4) is 0 Å². The quantitative estimate of drug-likeness (QED) is 0.758. The highest BCUT2D eigenvalue weighted by Crippen LogP contribution is 2.28. The van der Waals surface area contributed by atoms with E-state index in [0.717, 1.165) is 12.1 Å². The predicted molar refractivity (Wildman–Crippen MR) is 67.1 cm³/mol. The first-order valence-electron chi connectivity index (χ1n) is 5.46. The van der Waals surface area contributed by atoms with Crippen LogP contribution in [0.5, 0.6) is 0 Å². The number of anilines is 1. The zero-order chi connectivity index (χ0) is 16.2. The second-order valence-corrected chi connectivity index (χ2v) is 5.80. The molecular formula is C11H11F2NO6S. The van der Waals surface area contributed by atoms with Crippen molar-refractivity contribution in [3.63, 3.8) is 0 Å². The van der Waals surface area contributed by atoms with Crippen LogP contribution in [0.1, 0.15) is 0 Å². The summed E-state index contributed by atoms with van der Waals surface area (Å²) in [5, 5.41) is 17.5. The summed E-state index contributed by atoms with van der Waals surface area (Å²) in [7, 11) is -4.99. The Kier molecular flexibility index (Phi) is 5.19. The second kappa shape index (κ2) is 6.48. The van der Waals surface area contributed by atoms with E-state index >= 15 is 0 Å². The van der Waals surface area contributed by atoms with Crippen LogP contribution in [0.15, 0.2) is 29.2 Å². The maximum Gasteiger partial charge on any atom is 0.341 e. The molecule has 0 radical (unpaired) electrons. The van der Waals surface area contributed by atoms with Crippen LogP contribution in [0.4, 0.5) is 14.5 Å². The van der Waals surface area contributed by atoms with Crippen LogP contribution in [-0.2, 0) is 19.4 Å². The number of rotatable bonds is 7. The fourth-order valence-electron chi connectivity index (χ4n) is 1.61. The first-order chi connectivity index (χ1) is 9.66. The first-order valence-corrected chi connectivity index (χ1v) is 7.00. The maximum absolute atomic E-state index is 12.6. The highest BCUT2D eigenvalue weighted by Gasteiger charge is 2.31. The third kappa shape index (κ3) is 4.12. The van der Waals surface area contributed by atoms with E-state index in [1.54, 1.807) is 0 Å². The zero-order valence-electron chi connectivity index (χ0n) is 10.4. The number of carboxylic acid groups (broad SMARTS) is 2. The molecule has 0 aliphatic rings. The van der Waals surface area contributed by atoms with Gasteiger partial charge >= 0.3 is 17.7 Å². The van der Waals surface area contributed by atoms with Crippen molar-refractivity contribution in [2.24, 2.45) is 0 Å². The molecule has 0 heterocycles. The maximum atomic E-state index is 12.6. The van der Waals surface area contributed by atoms with E-state index in [2.05, 4.69) is 0 Å². The highest BCUT2D eigenvalue weighted by molar-refractivity contribution is 7.91. The predicted octanol–water partition coefficient (Wildman–Crippen LogP) is 0.659. The molecule has 1 aromatic rings. The lowest BCUT2D eigenvalue weighted by atomic mass is 10.3. The lowest BCUT2D eigenvalue weighted by Gasteiger charge is -2.23. The van der Waals surface area contributed by atoms with Crippen LogP contribution < -0.4 is 4.90 Å². The number of hydrogen-bond acceptors (Lipinski definition) is 5. The minimum absolute atomic E-state index is 0.400. The summed E-state index contributed by atoms with van der Waals surface area (Å²) >= 11 is 0. The number of para-hydroxylation sites is 1. The number of nitrogens with zero attached hydrogens (tertiary/aromatic N) is 1. The Morgan fingerprint density at radius 2 is 1.57 bits per heavy atom. The number of halogens is 2. The smallest absolute Gasteiger partial charge is 0.341 e. The number of alkyl halides is 2. The summed E-state index contributed by atoms with van der Waals surface area (Å²) in [6.45, 7) is -1.69. The minimum Gasteiger partial charge on any atom is -0.480 e. The van der Waals surface area contributed by atoms with Crippen molar-refractivity contribution < 1.29 is 37.0 Å². The number of carboxylic acids is 2. The third-order valence-corrected chi connectivity index (χ3v) is 3.83. The monoisotopic (exact) mass is 323 g/mol. The number of hydrogen-bond donors (Lipinski definition) is 2. The molecule has 0 saturated carbocycles. The standard InChI is InChI=1S/C11H11F2NO6S/c12-11(13)21(19,20)8-4-2-1-3-7(8)14(5-9(15)16)6-10(17)18/h1-4,11H,5-6H2,(H,15,16)(H,17,18). The lowest BCUT2D eigenvalue weighted by molar-refractivity contribution is -0.136. The van der Waals surface area contributed by atoms with Crippen molar-refractivity contribution in [3.05, 3.63) is 24.3 Å². The molecule has 1 aromatic carbocycles. The molecule has 0 unspecified atom stereocenters. The molecule has 0 amide bonds. The summed E-state index contributed by atoms with van der Waals surface area (Å²) in [5.41, 5.74) is -0.400. The van der Waals surface area contributed by atoms with E-state index < -0.39 is 51.2 Å². The Bertz CT molecular complexity index is 630. The van der Waals surface area contributed by atoms with Gasteiger partial charge in [-0.1, -0.05) is 12.1 Å². The molecule has 7 nitrogen and oxygen atoms in total.